The van der Waals surface area contributed by atoms with Crippen molar-refractivity contribution in [1.82, 2.24) is 4.89 Å². The molecule has 1 aromatic heterocycles. The summed E-state index contributed by atoms with van der Waals surface area (Å²) in [5.41, 5.74) is 0.829. The van der Waals surface area contributed by atoms with E-state index in [2.05, 4.69) is 0 Å². The van der Waals surface area contributed by atoms with Crippen LogP contribution in [-0.2, 0) is 0 Å². The number of hydrogen-bond donors (Lipinski definition) is 2. The maximum absolute atomic E-state index is 8.47. The van der Waals surface area contributed by atoms with Crippen LogP contribution in [0.3, 0.4) is 0 Å². The third-order valence-corrected chi connectivity index (χ3v) is 2.23. The van der Waals surface area contributed by atoms with Crippen molar-refractivity contribution in [3.63, 3.8) is 0 Å². The van der Waals surface area contributed by atoms with Crippen molar-refractivity contribution in [3.8, 4) is 0 Å². The van der Waals surface area contributed by atoms with Gasteiger partial charge in [0, 0.05) is 5.39 Å². The smallest absolute Gasteiger partial charge is 0.135 e. The Bertz CT molecular complexity index is 385. The Hall–Kier alpha value is -0.970. The Balaban J connectivity index is 2.55. The predicted octanol–water partition coefficient (Wildman–Crippen LogP) is 2.42. The molecule has 1 heterocycles. The maximum atomic E-state index is 8.47. The van der Waals surface area contributed by atoms with E-state index in [1.807, 2.05) is 29.2 Å². The van der Waals surface area contributed by atoms with Crippen LogP contribution in [0.4, 0.5) is 0 Å². The van der Waals surface area contributed by atoms with Crippen molar-refractivity contribution in [2.45, 2.75) is 4.90 Å². The highest BCUT2D eigenvalue weighted by molar-refractivity contribution is 7.97. The van der Waals surface area contributed by atoms with Crippen LogP contribution in [-0.4, -0.2) is 5.21 Å². The Morgan fingerprint density at radius 1 is 1.33 bits per heavy atom. The minimum absolute atomic E-state index is 0.829. The molecule has 0 atom stereocenters. The van der Waals surface area contributed by atoms with Gasteiger partial charge in [0.2, 0.25) is 0 Å². The monoisotopic (exact) mass is 181 g/mol. The number of fused-ring (bicyclic) bond motifs is 1. The second kappa shape index (κ2) is 3.18. The molecule has 2 aromatic rings. The first-order valence-electron chi connectivity index (χ1n) is 3.44. The third-order valence-electron chi connectivity index (χ3n) is 1.60. The fourth-order valence-corrected chi connectivity index (χ4v) is 1.55. The summed E-state index contributed by atoms with van der Waals surface area (Å²) >= 11 is 1.12. The quantitative estimate of drug-likeness (QED) is 0.551. The van der Waals surface area contributed by atoms with Crippen molar-refractivity contribution in [1.29, 1.82) is 0 Å². The first-order chi connectivity index (χ1) is 5.92. The molecule has 0 radical (unpaired) electrons. The highest BCUT2D eigenvalue weighted by Crippen LogP contribution is 2.27. The van der Waals surface area contributed by atoms with Crippen LogP contribution in [0.1, 0.15) is 0 Å². The van der Waals surface area contributed by atoms with Gasteiger partial charge < -0.3 is 9.62 Å². The lowest BCUT2D eigenvalue weighted by Gasteiger charge is -1.91. The lowest BCUT2D eigenvalue weighted by Crippen LogP contribution is -1.90. The molecule has 3 nitrogen and oxygen atoms in total. The van der Waals surface area contributed by atoms with Gasteiger partial charge in [-0.15, -0.1) is 4.89 Å². The summed E-state index contributed by atoms with van der Waals surface area (Å²) in [5, 5.41) is 9.47. The average molecular weight is 181 g/mol. The molecule has 0 spiro atoms. The molecule has 0 aliphatic rings. The first-order valence-corrected chi connectivity index (χ1v) is 4.25. The molecule has 0 aliphatic heterocycles. The Morgan fingerprint density at radius 3 is 3.00 bits per heavy atom. The highest BCUT2D eigenvalue weighted by Gasteiger charge is 2.03. The van der Waals surface area contributed by atoms with Gasteiger partial charge in [0.25, 0.3) is 0 Å². The number of nitrogens with one attached hydrogen (secondary N) is 1. The van der Waals surface area contributed by atoms with Gasteiger partial charge in [-0.05, 0) is 24.1 Å². The fourth-order valence-electron chi connectivity index (χ4n) is 1.08. The van der Waals surface area contributed by atoms with E-state index in [9.17, 15) is 0 Å². The second-order valence-corrected chi connectivity index (χ2v) is 3.12. The minimum atomic E-state index is 0.829. The van der Waals surface area contributed by atoms with E-state index in [-0.39, 0.29) is 0 Å². The topological polar surface area (TPSA) is 45.4 Å². The fraction of sp³-hybridized carbons (Fsp3) is 0. The van der Waals surface area contributed by atoms with Crippen LogP contribution in [0, 0.1) is 0 Å². The van der Waals surface area contributed by atoms with Gasteiger partial charge >= 0.3 is 0 Å². The van der Waals surface area contributed by atoms with Crippen molar-refractivity contribution in [3.05, 3.63) is 30.5 Å². The summed E-state index contributed by atoms with van der Waals surface area (Å²) in [6, 6.07) is 7.67. The average Bonchev–Trinajstić information content (AvgIpc) is 2.50. The predicted molar refractivity (Wildman–Crippen MR) is 47.0 cm³/mol. The molecule has 1 aromatic carbocycles. The van der Waals surface area contributed by atoms with Crippen LogP contribution >= 0.6 is 11.9 Å². The number of para-hydroxylation sites is 1. The van der Waals surface area contributed by atoms with Crippen LogP contribution < -0.4 is 4.89 Å². The van der Waals surface area contributed by atoms with Gasteiger partial charge in [-0.2, -0.15) is 0 Å². The minimum Gasteiger partial charge on any atom is -0.463 e. The van der Waals surface area contributed by atoms with E-state index < -0.39 is 0 Å². The van der Waals surface area contributed by atoms with Gasteiger partial charge in [-0.1, -0.05) is 12.1 Å². The van der Waals surface area contributed by atoms with E-state index in [0.29, 0.717) is 0 Å². The largest absolute Gasteiger partial charge is 0.463 e. The summed E-state index contributed by atoms with van der Waals surface area (Å²) in [6.07, 6.45) is 1.61. The van der Waals surface area contributed by atoms with Gasteiger partial charge in [-0.25, -0.2) is 0 Å². The van der Waals surface area contributed by atoms with Crippen molar-refractivity contribution in [2.24, 2.45) is 0 Å². The molecule has 0 saturated heterocycles. The summed E-state index contributed by atoms with van der Waals surface area (Å²) in [5.74, 6) is 0. The molecule has 0 amide bonds. The normalized spacial score (nSPS) is 10.8. The van der Waals surface area contributed by atoms with E-state index >= 15 is 0 Å². The zero-order valence-electron chi connectivity index (χ0n) is 6.15. The van der Waals surface area contributed by atoms with Crippen molar-refractivity contribution in [2.75, 3.05) is 0 Å². The van der Waals surface area contributed by atoms with Gasteiger partial charge in [0.05, 0.1) is 4.90 Å². The van der Waals surface area contributed by atoms with E-state index in [1.165, 1.54) is 0 Å². The lowest BCUT2D eigenvalue weighted by atomic mass is 10.3. The standard InChI is InChI=1S/C8H7NO2S/c10-9-12-8-5-11-7-4-2-1-3-6(7)8/h1-5,9-10H. The van der Waals surface area contributed by atoms with E-state index in [0.717, 1.165) is 27.8 Å². The van der Waals surface area contributed by atoms with E-state index in [4.69, 9.17) is 9.62 Å². The number of benzene rings is 1. The lowest BCUT2D eigenvalue weighted by molar-refractivity contribution is 0.258. The Morgan fingerprint density at radius 2 is 2.17 bits per heavy atom. The van der Waals surface area contributed by atoms with Crippen LogP contribution in [0.2, 0.25) is 0 Å². The first kappa shape index (κ1) is 7.67. The molecular formula is C8H7NO2S. The Kier molecular flexibility index (Phi) is 2.03. The van der Waals surface area contributed by atoms with Crippen LogP contribution in [0.25, 0.3) is 11.0 Å². The summed E-state index contributed by atoms with van der Waals surface area (Å²) in [4.78, 5) is 2.90. The molecule has 2 N–H and O–H groups in total. The van der Waals surface area contributed by atoms with Crippen molar-refractivity contribution < 1.29 is 9.62 Å². The summed E-state index contributed by atoms with van der Waals surface area (Å²) in [6.45, 7) is 0. The molecule has 0 saturated carbocycles. The number of rotatable bonds is 2. The zero-order chi connectivity index (χ0) is 8.39. The SMILES string of the molecule is ONSc1coc2ccccc12. The highest BCUT2D eigenvalue weighted by atomic mass is 32.2. The van der Waals surface area contributed by atoms with E-state index in [1.54, 1.807) is 6.26 Å². The number of hydrogen-bond acceptors (Lipinski definition) is 4. The summed E-state index contributed by atoms with van der Waals surface area (Å²) in [7, 11) is 0. The van der Waals surface area contributed by atoms with Crippen LogP contribution in [0.15, 0.2) is 39.8 Å². The molecule has 0 fully saturated rings. The molecule has 0 bridgehead atoms. The molecule has 2 rings (SSSR count). The zero-order valence-corrected chi connectivity index (χ0v) is 6.97. The molecule has 12 heavy (non-hydrogen) atoms. The second-order valence-electron chi connectivity index (χ2n) is 2.29. The maximum Gasteiger partial charge on any atom is 0.135 e. The van der Waals surface area contributed by atoms with Crippen molar-refractivity contribution >= 4 is 22.9 Å². The molecule has 0 aliphatic carbocycles. The molecule has 0 unspecified atom stereocenters. The Labute approximate surface area is 73.5 Å². The number of furan rings is 1. The molecular weight excluding hydrogens is 174 g/mol. The van der Waals surface area contributed by atoms with Gasteiger partial charge in [0.15, 0.2) is 0 Å². The molecule has 4 heteroatoms. The van der Waals surface area contributed by atoms with Gasteiger partial charge in [-0.3, -0.25) is 0 Å². The summed E-state index contributed by atoms with van der Waals surface area (Å²) < 4.78 is 5.23. The molecule has 62 valence electrons. The van der Waals surface area contributed by atoms with Gasteiger partial charge in [0.1, 0.15) is 11.8 Å². The van der Waals surface area contributed by atoms with Crippen LogP contribution in [0.5, 0.6) is 0 Å². The third kappa shape index (κ3) is 1.20.